The van der Waals surface area contributed by atoms with Gasteiger partial charge in [0.1, 0.15) is 17.5 Å². The lowest BCUT2D eigenvalue weighted by Crippen LogP contribution is -2.14. The SMILES string of the molecule is Cc1nc(NCCN)cc(NCc2cccs2)n1. The third-order valence-electron chi connectivity index (χ3n) is 2.31. The Bertz CT molecular complexity index is 483. The molecule has 18 heavy (non-hydrogen) atoms. The maximum atomic E-state index is 5.46. The number of hydrogen-bond acceptors (Lipinski definition) is 6. The molecule has 0 radical (unpaired) electrons. The van der Waals surface area contributed by atoms with Crippen molar-refractivity contribution in [1.82, 2.24) is 9.97 Å². The number of aromatic nitrogens is 2. The van der Waals surface area contributed by atoms with Crippen LogP contribution >= 0.6 is 11.3 Å². The van der Waals surface area contributed by atoms with E-state index in [1.165, 1.54) is 4.88 Å². The summed E-state index contributed by atoms with van der Waals surface area (Å²) in [5.41, 5.74) is 5.46. The van der Waals surface area contributed by atoms with Crippen molar-refractivity contribution in [2.45, 2.75) is 13.5 Å². The van der Waals surface area contributed by atoms with Gasteiger partial charge in [0.15, 0.2) is 0 Å². The van der Waals surface area contributed by atoms with E-state index < -0.39 is 0 Å². The second kappa shape index (κ2) is 6.32. The molecule has 2 aromatic rings. The molecule has 0 atom stereocenters. The van der Waals surface area contributed by atoms with Gasteiger partial charge < -0.3 is 16.4 Å². The van der Waals surface area contributed by atoms with Crippen LogP contribution in [0.3, 0.4) is 0 Å². The van der Waals surface area contributed by atoms with E-state index in [-0.39, 0.29) is 0 Å². The van der Waals surface area contributed by atoms with Gasteiger partial charge in [-0.05, 0) is 18.4 Å². The Hall–Kier alpha value is -1.66. The molecular formula is C12H17N5S. The number of hydrogen-bond donors (Lipinski definition) is 3. The zero-order valence-electron chi connectivity index (χ0n) is 10.3. The van der Waals surface area contributed by atoms with Gasteiger partial charge in [-0.2, -0.15) is 0 Å². The average Bonchev–Trinajstić information content (AvgIpc) is 2.86. The van der Waals surface area contributed by atoms with E-state index in [1.54, 1.807) is 11.3 Å². The summed E-state index contributed by atoms with van der Waals surface area (Å²) in [5.74, 6) is 2.38. The van der Waals surface area contributed by atoms with Crippen molar-refractivity contribution in [1.29, 1.82) is 0 Å². The lowest BCUT2D eigenvalue weighted by molar-refractivity contribution is 0.980. The monoisotopic (exact) mass is 263 g/mol. The third-order valence-corrected chi connectivity index (χ3v) is 3.19. The summed E-state index contributed by atoms with van der Waals surface area (Å²) < 4.78 is 0. The highest BCUT2D eigenvalue weighted by atomic mass is 32.1. The first-order valence-electron chi connectivity index (χ1n) is 5.84. The molecule has 2 heterocycles. The molecule has 0 saturated heterocycles. The fourth-order valence-corrected chi connectivity index (χ4v) is 2.18. The molecule has 0 unspecified atom stereocenters. The minimum absolute atomic E-state index is 0.584. The highest BCUT2D eigenvalue weighted by Gasteiger charge is 2.01. The van der Waals surface area contributed by atoms with Gasteiger partial charge in [-0.3, -0.25) is 0 Å². The lowest BCUT2D eigenvalue weighted by atomic mass is 10.4. The topological polar surface area (TPSA) is 75.9 Å². The number of nitrogens with one attached hydrogen (secondary N) is 2. The highest BCUT2D eigenvalue weighted by molar-refractivity contribution is 7.09. The van der Waals surface area contributed by atoms with Gasteiger partial charge in [0, 0.05) is 24.0 Å². The number of anilines is 2. The van der Waals surface area contributed by atoms with Crippen molar-refractivity contribution in [2.24, 2.45) is 5.73 Å². The second-order valence-electron chi connectivity index (χ2n) is 3.83. The second-order valence-corrected chi connectivity index (χ2v) is 4.87. The first kappa shape index (κ1) is 12.8. The molecule has 0 aromatic carbocycles. The van der Waals surface area contributed by atoms with Gasteiger partial charge in [0.05, 0.1) is 6.54 Å². The Morgan fingerprint density at radius 2 is 2.06 bits per heavy atom. The maximum absolute atomic E-state index is 5.46. The molecule has 0 amide bonds. The quantitative estimate of drug-likeness (QED) is 0.741. The molecule has 0 saturated carbocycles. The normalized spacial score (nSPS) is 10.3. The minimum Gasteiger partial charge on any atom is -0.369 e. The van der Waals surface area contributed by atoms with Crippen LogP contribution in [0.5, 0.6) is 0 Å². The summed E-state index contributed by atoms with van der Waals surface area (Å²) in [7, 11) is 0. The fourth-order valence-electron chi connectivity index (χ4n) is 1.54. The van der Waals surface area contributed by atoms with Crippen LogP contribution in [0.1, 0.15) is 10.7 Å². The Morgan fingerprint density at radius 1 is 1.28 bits per heavy atom. The van der Waals surface area contributed by atoms with Crippen LogP contribution in [0.2, 0.25) is 0 Å². The Morgan fingerprint density at radius 3 is 2.72 bits per heavy atom. The fraction of sp³-hybridized carbons (Fsp3) is 0.333. The predicted molar refractivity (Wildman–Crippen MR) is 76.0 cm³/mol. The van der Waals surface area contributed by atoms with Crippen molar-refractivity contribution in [3.05, 3.63) is 34.3 Å². The zero-order chi connectivity index (χ0) is 12.8. The van der Waals surface area contributed by atoms with Gasteiger partial charge in [-0.25, -0.2) is 9.97 Å². The van der Waals surface area contributed by atoms with Crippen molar-refractivity contribution in [2.75, 3.05) is 23.7 Å². The summed E-state index contributed by atoms with van der Waals surface area (Å²) in [5, 5.41) is 8.51. The molecule has 2 rings (SSSR count). The molecule has 0 aliphatic heterocycles. The minimum atomic E-state index is 0.584. The Balaban J connectivity index is 2.00. The molecule has 5 nitrogen and oxygen atoms in total. The van der Waals surface area contributed by atoms with Gasteiger partial charge in [0.25, 0.3) is 0 Å². The molecule has 0 aliphatic rings. The van der Waals surface area contributed by atoms with Gasteiger partial charge in [-0.15, -0.1) is 11.3 Å². The first-order chi connectivity index (χ1) is 8.78. The lowest BCUT2D eigenvalue weighted by Gasteiger charge is -2.09. The van der Waals surface area contributed by atoms with E-state index in [9.17, 15) is 0 Å². The van der Waals surface area contributed by atoms with E-state index in [0.717, 1.165) is 24.0 Å². The zero-order valence-corrected chi connectivity index (χ0v) is 11.1. The Labute approximate surface area is 110 Å². The molecule has 96 valence electrons. The highest BCUT2D eigenvalue weighted by Crippen LogP contribution is 2.14. The van der Waals surface area contributed by atoms with Gasteiger partial charge in [0.2, 0.25) is 0 Å². The molecular weight excluding hydrogens is 246 g/mol. The third kappa shape index (κ3) is 3.68. The molecule has 0 fully saturated rings. The number of rotatable bonds is 6. The number of nitrogens with two attached hydrogens (primary N) is 1. The van der Waals surface area contributed by atoms with Gasteiger partial charge >= 0.3 is 0 Å². The van der Waals surface area contributed by atoms with Crippen LogP contribution in [0.4, 0.5) is 11.6 Å². The maximum Gasteiger partial charge on any atom is 0.132 e. The number of aryl methyl sites for hydroxylation is 1. The van der Waals surface area contributed by atoms with E-state index in [0.29, 0.717) is 13.1 Å². The first-order valence-corrected chi connectivity index (χ1v) is 6.72. The van der Waals surface area contributed by atoms with Crippen LogP contribution in [0.15, 0.2) is 23.6 Å². The van der Waals surface area contributed by atoms with E-state index in [4.69, 9.17) is 5.73 Å². The van der Waals surface area contributed by atoms with Crippen LogP contribution < -0.4 is 16.4 Å². The molecule has 2 aromatic heterocycles. The van der Waals surface area contributed by atoms with Crippen molar-refractivity contribution in [3.63, 3.8) is 0 Å². The van der Waals surface area contributed by atoms with E-state index in [2.05, 4.69) is 32.0 Å². The summed E-state index contributed by atoms with van der Waals surface area (Å²) in [4.78, 5) is 9.93. The summed E-state index contributed by atoms with van der Waals surface area (Å²) in [6.45, 7) is 3.95. The van der Waals surface area contributed by atoms with E-state index >= 15 is 0 Å². The largest absolute Gasteiger partial charge is 0.369 e. The summed E-state index contributed by atoms with van der Waals surface area (Å²) in [6, 6.07) is 6.04. The molecule has 6 heteroatoms. The van der Waals surface area contributed by atoms with E-state index in [1.807, 2.05) is 19.1 Å². The molecule has 0 aliphatic carbocycles. The van der Waals surface area contributed by atoms with Crippen molar-refractivity contribution < 1.29 is 0 Å². The Kier molecular flexibility index (Phi) is 4.49. The van der Waals surface area contributed by atoms with Crippen LogP contribution in [-0.4, -0.2) is 23.1 Å². The number of nitrogens with zero attached hydrogens (tertiary/aromatic N) is 2. The average molecular weight is 263 g/mol. The van der Waals surface area contributed by atoms with Crippen molar-refractivity contribution >= 4 is 23.0 Å². The van der Waals surface area contributed by atoms with Crippen LogP contribution in [0, 0.1) is 6.92 Å². The van der Waals surface area contributed by atoms with Crippen molar-refractivity contribution in [3.8, 4) is 0 Å². The standard InChI is InChI=1S/C12H17N5S/c1-9-16-11(14-5-4-13)7-12(17-9)15-8-10-3-2-6-18-10/h2-3,6-7H,4-5,8,13H2,1H3,(H2,14,15,16,17). The molecule has 0 bridgehead atoms. The smallest absolute Gasteiger partial charge is 0.132 e. The van der Waals surface area contributed by atoms with Gasteiger partial charge in [-0.1, -0.05) is 6.07 Å². The molecule has 0 spiro atoms. The van der Waals surface area contributed by atoms with Crippen LogP contribution in [0.25, 0.3) is 0 Å². The van der Waals surface area contributed by atoms with Crippen LogP contribution in [-0.2, 0) is 6.54 Å². The predicted octanol–water partition coefficient (Wildman–Crippen LogP) is 1.83. The summed E-state index contributed by atoms with van der Waals surface area (Å²) in [6.07, 6.45) is 0. The number of thiophene rings is 1. The summed E-state index contributed by atoms with van der Waals surface area (Å²) >= 11 is 1.73. The molecule has 4 N–H and O–H groups in total.